The molecule has 0 aromatic rings. The topological polar surface area (TPSA) is 74.6 Å². The zero-order valence-corrected chi connectivity index (χ0v) is 27.1. The Morgan fingerprint density at radius 2 is 0.524 bits per heavy atom. The van der Waals surface area contributed by atoms with E-state index in [-0.39, 0.29) is 0 Å². The molecule has 42 heavy (non-hydrogen) atoms. The Balaban J connectivity index is 3.24. The van der Waals surface area contributed by atoms with Crippen molar-refractivity contribution < 1.29 is 19.8 Å². The minimum absolute atomic E-state index is 0.316. The maximum Gasteiger partial charge on any atom is 0.303 e. The van der Waals surface area contributed by atoms with Gasteiger partial charge in [0.05, 0.1) is 0 Å². The summed E-state index contributed by atoms with van der Waals surface area (Å²) in [6.07, 6.45) is 50.5. The molecule has 0 spiro atoms. The first kappa shape index (κ1) is 39.9. The van der Waals surface area contributed by atoms with Crippen molar-refractivity contribution in [1.82, 2.24) is 0 Å². The van der Waals surface area contributed by atoms with Crippen LogP contribution in [-0.4, -0.2) is 22.2 Å². The third-order valence-electron chi connectivity index (χ3n) is 7.73. The minimum Gasteiger partial charge on any atom is -0.481 e. The van der Waals surface area contributed by atoms with Gasteiger partial charge in [-0.25, -0.2) is 0 Å². The molecule has 0 amide bonds. The second-order valence-corrected chi connectivity index (χ2v) is 11.9. The van der Waals surface area contributed by atoms with Crippen molar-refractivity contribution in [1.29, 1.82) is 0 Å². The summed E-state index contributed by atoms with van der Waals surface area (Å²) in [6.45, 7) is 0. The average Bonchev–Trinajstić information content (AvgIpc) is 2.96. The summed E-state index contributed by atoms with van der Waals surface area (Å²) < 4.78 is 0. The highest BCUT2D eigenvalue weighted by molar-refractivity contribution is 5.66. The SMILES string of the molecule is O=C(O)CCCCCCCC=CCC=CCCCCCCCCCCCCC=CCC=CCCCCCCCC(=O)O. The highest BCUT2D eigenvalue weighted by atomic mass is 16.4. The molecule has 0 unspecified atom stereocenters. The molecule has 0 saturated carbocycles. The number of hydrogen-bond donors (Lipinski definition) is 2. The van der Waals surface area contributed by atoms with Crippen LogP contribution in [-0.2, 0) is 9.59 Å². The molecule has 0 aliphatic heterocycles. The van der Waals surface area contributed by atoms with Gasteiger partial charge in [-0.3, -0.25) is 9.59 Å². The van der Waals surface area contributed by atoms with Gasteiger partial charge in [0.25, 0.3) is 0 Å². The summed E-state index contributed by atoms with van der Waals surface area (Å²) in [4.78, 5) is 20.9. The zero-order chi connectivity index (χ0) is 30.6. The van der Waals surface area contributed by atoms with E-state index in [1.54, 1.807) is 0 Å². The van der Waals surface area contributed by atoms with E-state index >= 15 is 0 Å². The van der Waals surface area contributed by atoms with Crippen LogP contribution < -0.4 is 0 Å². The van der Waals surface area contributed by atoms with E-state index in [2.05, 4.69) is 48.6 Å². The third kappa shape index (κ3) is 37.9. The Morgan fingerprint density at radius 3 is 0.762 bits per heavy atom. The van der Waals surface area contributed by atoms with Gasteiger partial charge in [0, 0.05) is 12.8 Å². The van der Waals surface area contributed by atoms with E-state index in [1.165, 1.54) is 103 Å². The van der Waals surface area contributed by atoms with E-state index < -0.39 is 11.9 Å². The predicted molar refractivity (Wildman–Crippen MR) is 181 cm³/mol. The molecule has 0 aliphatic rings. The zero-order valence-electron chi connectivity index (χ0n) is 27.1. The molecule has 0 rings (SSSR count). The van der Waals surface area contributed by atoms with Crippen molar-refractivity contribution in [3.8, 4) is 0 Å². The summed E-state index contributed by atoms with van der Waals surface area (Å²) in [7, 11) is 0. The molecule has 0 fully saturated rings. The fourth-order valence-corrected chi connectivity index (χ4v) is 5.09. The summed E-state index contributed by atoms with van der Waals surface area (Å²) in [5, 5.41) is 17.2. The molecule has 0 aromatic heterocycles. The quantitative estimate of drug-likeness (QED) is 0.0592. The van der Waals surface area contributed by atoms with Gasteiger partial charge in [0.15, 0.2) is 0 Å². The standard InChI is InChI=1S/C38H66O4/c39-37(40)35-33-31-29-27-25-23-21-19-17-15-13-11-9-7-5-3-1-2-4-6-8-10-12-14-16-18-20-22-24-26-28-30-32-34-36-38(41)42/h13-16,19-22H,1-12,17-18,23-36H2,(H,39,40)(H,41,42). The molecule has 0 aliphatic carbocycles. The van der Waals surface area contributed by atoms with Crippen LogP contribution in [0, 0.1) is 0 Å². The second-order valence-electron chi connectivity index (χ2n) is 11.9. The van der Waals surface area contributed by atoms with Crippen LogP contribution in [0.2, 0.25) is 0 Å². The molecule has 0 bridgehead atoms. The number of aliphatic carboxylic acids is 2. The molecule has 0 atom stereocenters. The van der Waals surface area contributed by atoms with Gasteiger partial charge in [-0.1, -0.05) is 138 Å². The lowest BCUT2D eigenvalue weighted by Gasteiger charge is -2.02. The van der Waals surface area contributed by atoms with Crippen LogP contribution in [0.4, 0.5) is 0 Å². The number of rotatable bonds is 33. The summed E-state index contributed by atoms with van der Waals surface area (Å²) in [5.74, 6) is -1.35. The first-order valence-electron chi connectivity index (χ1n) is 17.7. The van der Waals surface area contributed by atoms with Crippen LogP contribution in [0.1, 0.15) is 180 Å². The smallest absolute Gasteiger partial charge is 0.303 e. The number of allylic oxidation sites excluding steroid dienone is 8. The van der Waals surface area contributed by atoms with Crippen LogP contribution >= 0.6 is 0 Å². The Hall–Kier alpha value is -2.10. The molecule has 0 heterocycles. The Kier molecular flexibility index (Phi) is 33.3. The molecular formula is C38H66O4. The fraction of sp³-hybridized carbons (Fsp3) is 0.737. The van der Waals surface area contributed by atoms with Crippen molar-refractivity contribution in [2.24, 2.45) is 0 Å². The third-order valence-corrected chi connectivity index (χ3v) is 7.73. The number of carboxylic acids is 2. The number of unbranched alkanes of at least 4 members (excludes halogenated alkanes) is 21. The lowest BCUT2D eigenvalue weighted by Crippen LogP contribution is -1.93. The van der Waals surface area contributed by atoms with Crippen molar-refractivity contribution in [3.05, 3.63) is 48.6 Å². The van der Waals surface area contributed by atoms with Gasteiger partial charge >= 0.3 is 11.9 Å². The van der Waals surface area contributed by atoms with E-state index in [9.17, 15) is 9.59 Å². The second kappa shape index (κ2) is 35.1. The predicted octanol–water partition coefficient (Wildman–Crippen LogP) is 12.3. The minimum atomic E-state index is -0.673. The maximum absolute atomic E-state index is 10.5. The van der Waals surface area contributed by atoms with Crippen molar-refractivity contribution >= 4 is 11.9 Å². The number of hydrogen-bond acceptors (Lipinski definition) is 2. The molecule has 0 radical (unpaired) electrons. The molecule has 4 nitrogen and oxygen atoms in total. The van der Waals surface area contributed by atoms with Gasteiger partial charge < -0.3 is 10.2 Å². The number of carbonyl (C=O) groups is 2. The highest BCUT2D eigenvalue weighted by Gasteiger charge is 1.97. The first-order valence-corrected chi connectivity index (χ1v) is 17.7. The Morgan fingerprint density at radius 1 is 0.310 bits per heavy atom. The van der Waals surface area contributed by atoms with E-state index in [4.69, 9.17) is 10.2 Å². The van der Waals surface area contributed by atoms with Crippen molar-refractivity contribution in [2.75, 3.05) is 0 Å². The van der Waals surface area contributed by atoms with Crippen molar-refractivity contribution in [3.63, 3.8) is 0 Å². The first-order chi connectivity index (χ1) is 20.6. The Labute approximate surface area is 259 Å². The maximum atomic E-state index is 10.5. The van der Waals surface area contributed by atoms with Gasteiger partial charge in [0.1, 0.15) is 0 Å². The van der Waals surface area contributed by atoms with Gasteiger partial charge in [-0.05, 0) is 77.0 Å². The van der Waals surface area contributed by atoms with Crippen LogP contribution in [0.3, 0.4) is 0 Å². The normalized spacial score (nSPS) is 12.1. The van der Waals surface area contributed by atoms with E-state index in [0.717, 1.165) is 64.2 Å². The summed E-state index contributed by atoms with van der Waals surface area (Å²) in [6, 6.07) is 0. The lowest BCUT2D eigenvalue weighted by atomic mass is 10.0. The summed E-state index contributed by atoms with van der Waals surface area (Å²) in [5.41, 5.74) is 0. The molecular weight excluding hydrogens is 520 g/mol. The highest BCUT2D eigenvalue weighted by Crippen LogP contribution is 2.13. The molecule has 4 heteroatoms. The van der Waals surface area contributed by atoms with Gasteiger partial charge in [-0.2, -0.15) is 0 Å². The molecule has 0 saturated heterocycles. The molecule has 0 aromatic carbocycles. The molecule has 2 N–H and O–H groups in total. The van der Waals surface area contributed by atoms with E-state index in [0.29, 0.717) is 12.8 Å². The van der Waals surface area contributed by atoms with Crippen LogP contribution in [0.5, 0.6) is 0 Å². The molecule has 242 valence electrons. The monoisotopic (exact) mass is 586 g/mol. The summed E-state index contributed by atoms with van der Waals surface area (Å²) >= 11 is 0. The number of carboxylic acid groups (broad SMARTS) is 2. The fourth-order valence-electron chi connectivity index (χ4n) is 5.09. The average molecular weight is 587 g/mol. The van der Waals surface area contributed by atoms with Crippen LogP contribution in [0.25, 0.3) is 0 Å². The van der Waals surface area contributed by atoms with Gasteiger partial charge in [-0.15, -0.1) is 0 Å². The Bertz CT molecular complexity index is 644. The van der Waals surface area contributed by atoms with Gasteiger partial charge in [0.2, 0.25) is 0 Å². The van der Waals surface area contributed by atoms with Crippen molar-refractivity contribution in [2.45, 2.75) is 180 Å². The van der Waals surface area contributed by atoms with Crippen LogP contribution in [0.15, 0.2) is 48.6 Å². The van der Waals surface area contributed by atoms with E-state index in [1.807, 2.05) is 0 Å². The largest absolute Gasteiger partial charge is 0.481 e. The lowest BCUT2D eigenvalue weighted by molar-refractivity contribution is -0.138.